The van der Waals surface area contributed by atoms with Gasteiger partial charge in [-0.1, -0.05) is 18.1 Å². The van der Waals surface area contributed by atoms with Crippen molar-refractivity contribution < 1.29 is 28.6 Å². The zero-order chi connectivity index (χ0) is 35.9. The van der Waals surface area contributed by atoms with E-state index in [9.17, 15) is 14.4 Å². The lowest BCUT2D eigenvalue weighted by molar-refractivity contribution is -0.136. The predicted octanol–water partition coefficient (Wildman–Crippen LogP) is 5.35. The Morgan fingerprint density at radius 2 is 1.68 bits per heavy atom. The highest BCUT2D eigenvalue weighted by molar-refractivity contribution is 6.08. The Morgan fingerprint density at radius 1 is 0.811 bits per heavy atom. The first kappa shape index (κ1) is 32.2. The van der Waals surface area contributed by atoms with Crippen molar-refractivity contribution >= 4 is 39.5 Å². The van der Waals surface area contributed by atoms with Gasteiger partial charge in [0.25, 0.3) is 5.91 Å². The summed E-state index contributed by atoms with van der Waals surface area (Å²) in [4.78, 5) is 54.9. The van der Waals surface area contributed by atoms with Crippen LogP contribution in [0.2, 0.25) is 0 Å². The molecule has 53 heavy (non-hydrogen) atoms. The normalized spacial score (nSPS) is 19.3. The molecule has 0 bridgehead atoms. The molecule has 4 aromatic heterocycles. The summed E-state index contributed by atoms with van der Waals surface area (Å²) in [6, 6.07) is 20.5. The van der Waals surface area contributed by atoms with Crippen LogP contribution in [0.3, 0.4) is 0 Å². The maximum atomic E-state index is 12.9. The lowest BCUT2D eigenvalue weighted by Crippen LogP contribution is -2.52. The van der Waals surface area contributed by atoms with E-state index in [1.807, 2.05) is 36.7 Å². The Balaban J connectivity index is 0.724. The van der Waals surface area contributed by atoms with Gasteiger partial charge in [0.1, 0.15) is 42.0 Å². The molecule has 3 amide bonds. The first-order valence-corrected chi connectivity index (χ1v) is 17.4. The topological polar surface area (TPSA) is 149 Å². The summed E-state index contributed by atoms with van der Waals surface area (Å²) in [6.45, 7) is 0.412. The number of fused-ring (bicyclic) bond motifs is 4. The lowest BCUT2D eigenvalue weighted by Gasteiger charge is -2.34. The lowest BCUT2D eigenvalue weighted by atomic mass is 9.92. The van der Waals surface area contributed by atoms with Crippen LogP contribution in [-0.2, 0) is 16.1 Å². The monoisotopic (exact) mass is 704 g/mol. The highest BCUT2D eigenvalue weighted by Crippen LogP contribution is 2.33. The molecule has 2 N–H and O–H groups in total. The molecule has 12 heteroatoms. The van der Waals surface area contributed by atoms with Crippen LogP contribution in [-0.4, -0.2) is 67.4 Å². The van der Waals surface area contributed by atoms with E-state index in [1.165, 1.54) is 4.90 Å². The minimum absolute atomic E-state index is 0.0307. The summed E-state index contributed by atoms with van der Waals surface area (Å²) in [5.74, 6) is 6.82. The number of nitrogens with zero attached hydrogens (tertiary/aromatic N) is 4. The Bertz CT molecular complexity index is 2460. The van der Waals surface area contributed by atoms with Gasteiger partial charge in [0.2, 0.25) is 17.7 Å². The van der Waals surface area contributed by atoms with E-state index < -0.39 is 11.9 Å². The van der Waals surface area contributed by atoms with Crippen molar-refractivity contribution in [2.45, 2.75) is 50.5 Å². The van der Waals surface area contributed by atoms with Gasteiger partial charge in [-0.05, 0) is 72.0 Å². The van der Waals surface area contributed by atoms with Crippen LogP contribution in [0.25, 0.3) is 32.9 Å². The van der Waals surface area contributed by atoms with Crippen molar-refractivity contribution in [3.8, 4) is 40.3 Å². The fraction of sp³-hybridized carbons (Fsp3) is 0.220. The molecule has 0 spiro atoms. The second-order valence-electron chi connectivity index (χ2n) is 13.3. The summed E-state index contributed by atoms with van der Waals surface area (Å²) >= 11 is 0. The van der Waals surface area contributed by atoms with E-state index in [4.69, 9.17) is 14.2 Å². The maximum Gasteiger partial charge on any atom is 0.255 e. The third kappa shape index (κ3) is 6.49. The second kappa shape index (κ2) is 13.4. The van der Waals surface area contributed by atoms with Crippen LogP contribution in [0.15, 0.2) is 91.5 Å². The number of nitrogens with one attached hydrogen (secondary N) is 2. The van der Waals surface area contributed by atoms with Crippen LogP contribution in [0, 0.1) is 11.8 Å². The number of rotatable bonds is 8. The van der Waals surface area contributed by atoms with Gasteiger partial charge in [0.05, 0.1) is 6.20 Å². The smallest absolute Gasteiger partial charge is 0.255 e. The van der Waals surface area contributed by atoms with E-state index >= 15 is 0 Å². The Labute approximate surface area is 303 Å². The van der Waals surface area contributed by atoms with Crippen molar-refractivity contribution in [3.63, 3.8) is 0 Å². The predicted molar refractivity (Wildman–Crippen MR) is 194 cm³/mol. The zero-order valence-corrected chi connectivity index (χ0v) is 28.4. The molecule has 12 nitrogen and oxygen atoms in total. The number of hydrogen-bond donors (Lipinski definition) is 2. The average Bonchev–Trinajstić information content (AvgIpc) is 3.69. The molecule has 6 heterocycles. The van der Waals surface area contributed by atoms with Gasteiger partial charge < -0.3 is 24.1 Å². The number of aromatic amines is 1. The van der Waals surface area contributed by atoms with Crippen molar-refractivity contribution in [2.24, 2.45) is 0 Å². The maximum absolute atomic E-state index is 12.9. The summed E-state index contributed by atoms with van der Waals surface area (Å²) in [5, 5.41) is 4.57. The van der Waals surface area contributed by atoms with Gasteiger partial charge in [-0.2, -0.15) is 0 Å². The number of imide groups is 1. The number of piperidine rings is 1. The minimum atomic E-state index is -0.655. The third-order valence-corrected chi connectivity index (χ3v) is 9.87. The summed E-state index contributed by atoms with van der Waals surface area (Å²) in [5.41, 5.74) is 6.10. The average molecular weight is 705 g/mol. The van der Waals surface area contributed by atoms with Gasteiger partial charge in [0, 0.05) is 83.4 Å². The van der Waals surface area contributed by atoms with Crippen molar-refractivity contribution in [3.05, 3.63) is 108 Å². The highest BCUT2D eigenvalue weighted by atomic mass is 16.5. The highest BCUT2D eigenvalue weighted by Gasteiger charge is 2.39. The Hall–Kier alpha value is -6.74. The molecular formula is C41H32N6O6. The standard InChI is InChI=1S/C41H32N6O6/c48-38-11-10-37(40(49)46-38)47-23-26-16-28(7-9-32(26)41(47)50)51-15-1-2-27-5-6-29(21-43-27)52-30-18-31(19-30)53-39-12-4-25(20-44-39)24-3-8-33-34-22-42-14-13-35(34)45-36(33)17-24/h3-9,12-14,16-17,20-22,30-31,37,45H,10-11,15,18-19,23H2,(H,46,48,49)/t30-,31-,37?. The molecule has 2 fully saturated rings. The number of H-pyrrole nitrogens is 1. The first-order chi connectivity index (χ1) is 25.9. The molecule has 2 aromatic carbocycles. The SMILES string of the molecule is O=C1CCC(N2Cc3cc(OCC#Cc4ccc(O[C@H]5C[C@H](Oc6ccc(-c7ccc8c(c7)[nH]c7ccncc78)cn6)C5)cn4)ccc3C2=O)C(=O)N1. The molecule has 1 atom stereocenters. The molecule has 1 saturated heterocycles. The summed E-state index contributed by atoms with van der Waals surface area (Å²) in [7, 11) is 0. The number of benzene rings is 2. The number of aromatic nitrogens is 4. The van der Waals surface area contributed by atoms with Gasteiger partial charge in [0.15, 0.2) is 0 Å². The van der Waals surface area contributed by atoms with Gasteiger partial charge in [-0.3, -0.25) is 24.7 Å². The first-order valence-electron chi connectivity index (χ1n) is 17.4. The Kier molecular flexibility index (Phi) is 8.15. The fourth-order valence-electron chi connectivity index (χ4n) is 7.03. The molecule has 3 aliphatic rings. The molecule has 1 unspecified atom stereocenters. The molecule has 6 aromatic rings. The second-order valence-corrected chi connectivity index (χ2v) is 13.3. The molecule has 1 saturated carbocycles. The number of carbonyl (C=O) groups excluding carboxylic acids is 3. The van der Waals surface area contributed by atoms with Crippen LogP contribution in [0.1, 0.15) is 47.3 Å². The minimum Gasteiger partial charge on any atom is -0.489 e. The van der Waals surface area contributed by atoms with Crippen LogP contribution < -0.4 is 19.5 Å². The Morgan fingerprint density at radius 3 is 2.51 bits per heavy atom. The molecule has 9 rings (SSSR count). The summed E-state index contributed by atoms with van der Waals surface area (Å²) < 4.78 is 18.0. The summed E-state index contributed by atoms with van der Waals surface area (Å²) in [6.07, 6.45) is 9.27. The van der Waals surface area contributed by atoms with Crippen LogP contribution in [0.5, 0.6) is 17.4 Å². The largest absolute Gasteiger partial charge is 0.489 e. The van der Waals surface area contributed by atoms with Crippen molar-refractivity contribution in [2.75, 3.05) is 6.61 Å². The number of ether oxygens (including phenoxy) is 3. The van der Waals surface area contributed by atoms with Gasteiger partial charge in [-0.15, -0.1) is 0 Å². The number of hydrogen-bond acceptors (Lipinski definition) is 9. The molecule has 1 aliphatic carbocycles. The van der Waals surface area contributed by atoms with E-state index in [0.29, 0.717) is 35.1 Å². The fourth-order valence-corrected chi connectivity index (χ4v) is 7.03. The molecular weight excluding hydrogens is 672 g/mol. The van der Waals surface area contributed by atoms with Crippen LogP contribution in [0.4, 0.5) is 0 Å². The van der Waals surface area contributed by atoms with E-state index in [1.54, 1.807) is 36.7 Å². The molecule has 0 radical (unpaired) electrons. The van der Waals surface area contributed by atoms with Crippen LogP contribution >= 0.6 is 0 Å². The molecule has 262 valence electrons. The van der Waals surface area contributed by atoms with Gasteiger partial charge in [-0.25, -0.2) is 9.97 Å². The van der Waals surface area contributed by atoms with Crippen molar-refractivity contribution in [1.29, 1.82) is 0 Å². The van der Waals surface area contributed by atoms with Gasteiger partial charge >= 0.3 is 0 Å². The molecule has 2 aliphatic heterocycles. The van der Waals surface area contributed by atoms with E-state index in [2.05, 4.69) is 55.3 Å². The van der Waals surface area contributed by atoms with E-state index in [-0.39, 0.29) is 43.6 Å². The third-order valence-electron chi connectivity index (χ3n) is 9.87. The van der Waals surface area contributed by atoms with E-state index in [0.717, 1.165) is 51.3 Å². The quantitative estimate of drug-likeness (QED) is 0.158. The zero-order valence-electron chi connectivity index (χ0n) is 28.4. The number of carbonyl (C=O) groups is 3. The van der Waals surface area contributed by atoms with Crippen molar-refractivity contribution in [1.82, 2.24) is 30.2 Å². The number of pyridine rings is 3. The number of amides is 3.